The van der Waals surface area contributed by atoms with E-state index >= 15 is 0 Å². The Morgan fingerprint density at radius 2 is 0.704 bits per heavy atom. The maximum absolute atomic E-state index is 11.5. The summed E-state index contributed by atoms with van der Waals surface area (Å²) in [6, 6.07) is 0. The van der Waals surface area contributed by atoms with Crippen molar-refractivity contribution in [2.75, 3.05) is 0 Å². The average Bonchev–Trinajstić information content (AvgIpc) is 2.34. The van der Waals surface area contributed by atoms with Gasteiger partial charge >= 0.3 is 0 Å². The van der Waals surface area contributed by atoms with Gasteiger partial charge in [0.1, 0.15) is 11.5 Å². The zero-order chi connectivity index (χ0) is 21.7. The second-order valence-electron chi connectivity index (χ2n) is 10.8. The third-order valence-electron chi connectivity index (χ3n) is 3.55. The minimum atomic E-state index is -0.417. The first kappa shape index (κ1) is 30.8. The summed E-state index contributed by atoms with van der Waals surface area (Å²) >= 11 is 0. The molecular weight excluding hydrogens is 435 g/mol. The van der Waals surface area contributed by atoms with E-state index in [4.69, 9.17) is 0 Å². The average molecular weight is 475 g/mol. The van der Waals surface area contributed by atoms with Crippen molar-refractivity contribution in [2.24, 2.45) is 21.7 Å². The molecule has 0 aliphatic carbocycles. The van der Waals surface area contributed by atoms with Crippen LogP contribution in [0, 0.1) is 21.7 Å². The van der Waals surface area contributed by atoms with Crippen molar-refractivity contribution < 1.29 is 40.2 Å². The molecule has 0 heterocycles. The van der Waals surface area contributed by atoms with Gasteiger partial charge in [-0.1, -0.05) is 83.1 Å². The van der Waals surface area contributed by atoms with Crippen molar-refractivity contribution in [3.05, 3.63) is 23.7 Å². The van der Waals surface area contributed by atoms with Gasteiger partial charge in [-0.15, -0.1) is 0 Å². The Morgan fingerprint density at radius 1 is 0.519 bits per heavy atom. The molecule has 0 saturated heterocycles. The third kappa shape index (κ3) is 13.8. The molecular formula is C22H40O4Pd. The number of ketones is 2. The first-order valence-electron chi connectivity index (χ1n) is 9.01. The van der Waals surface area contributed by atoms with Gasteiger partial charge in [-0.05, 0) is 0 Å². The summed E-state index contributed by atoms with van der Waals surface area (Å²) in [4.78, 5) is 23.0. The van der Waals surface area contributed by atoms with Gasteiger partial charge in [0.15, 0.2) is 11.6 Å². The molecule has 0 aliphatic rings. The Kier molecular flexibility index (Phi) is 12.1. The summed E-state index contributed by atoms with van der Waals surface area (Å²) < 4.78 is 0. The number of rotatable bonds is 2. The van der Waals surface area contributed by atoms with Crippen LogP contribution in [-0.2, 0) is 30.0 Å². The molecule has 0 aliphatic heterocycles. The fraction of sp³-hybridized carbons (Fsp3) is 0.727. The van der Waals surface area contributed by atoms with Gasteiger partial charge in [0, 0.05) is 54.2 Å². The van der Waals surface area contributed by atoms with Crippen LogP contribution >= 0.6 is 0 Å². The molecule has 0 atom stereocenters. The van der Waals surface area contributed by atoms with E-state index in [0.717, 1.165) is 0 Å². The van der Waals surface area contributed by atoms with E-state index < -0.39 is 10.8 Å². The van der Waals surface area contributed by atoms with Crippen LogP contribution in [0.5, 0.6) is 0 Å². The molecule has 0 amide bonds. The Morgan fingerprint density at radius 3 is 0.815 bits per heavy atom. The molecule has 0 aromatic rings. The molecule has 162 valence electrons. The normalized spacial score (nSPS) is 13.9. The standard InChI is InChI=1S/2C11H20O2.Pd/c2*1-10(2,3)8(12)7-9(13)11(4,5)6;/h2*7,12H,1-6H3;/b8-7+;8-7-;. The quantitative estimate of drug-likeness (QED) is 0.285. The van der Waals surface area contributed by atoms with Crippen LogP contribution in [0.2, 0.25) is 0 Å². The largest absolute Gasteiger partial charge is 0.512 e. The zero-order valence-corrected chi connectivity index (χ0v) is 20.7. The van der Waals surface area contributed by atoms with Crippen molar-refractivity contribution in [1.82, 2.24) is 0 Å². The molecule has 27 heavy (non-hydrogen) atoms. The number of hydrogen-bond donors (Lipinski definition) is 2. The Hall–Kier alpha value is -0.918. The first-order chi connectivity index (χ1) is 11.1. The number of allylic oxidation sites excluding steroid dienone is 4. The molecule has 0 bridgehead atoms. The minimum absolute atomic E-state index is 0. The zero-order valence-electron chi connectivity index (χ0n) is 19.2. The fourth-order valence-electron chi connectivity index (χ4n) is 1.11. The minimum Gasteiger partial charge on any atom is -0.512 e. The summed E-state index contributed by atoms with van der Waals surface area (Å²) in [7, 11) is 0. The third-order valence-corrected chi connectivity index (χ3v) is 3.55. The molecule has 0 unspecified atom stereocenters. The van der Waals surface area contributed by atoms with E-state index in [1.165, 1.54) is 12.2 Å². The van der Waals surface area contributed by atoms with Crippen LogP contribution in [0.4, 0.5) is 0 Å². The fourth-order valence-corrected chi connectivity index (χ4v) is 1.11. The molecule has 2 N–H and O–H groups in total. The molecule has 0 fully saturated rings. The second kappa shape index (κ2) is 10.6. The van der Waals surface area contributed by atoms with Crippen molar-refractivity contribution in [2.45, 2.75) is 83.1 Å². The number of aliphatic hydroxyl groups excluding tert-OH is 2. The molecule has 4 nitrogen and oxygen atoms in total. The Labute approximate surface area is 180 Å². The van der Waals surface area contributed by atoms with Gasteiger partial charge < -0.3 is 10.2 Å². The van der Waals surface area contributed by atoms with E-state index in [0.29, 0.717) is 0 Å². The van der Waals surface area contributed by atoms with E-state index in [1.807, 2.05) is 83.1 Å². The van der Waals surface area contributed by atoms with Crippen LogP contribution in [0.3, 0.4) is 0 Å². The Bertz CT molecular complexity index is 505. The number of carbonyl (C=O) groups is 2. The number of carbonyl (C=O) groups excluding carboxylic acids is 2. The summed E-state index contributed by atoms with van der Waals surface area (Å²) in [6.45, 7) is 22.2. The van der Waals surface area contributed by atoms with E-state index in [1.54, 1.807) is 0 Å². The maximum atomic E-state index is 11.5. The van der Waals surface area contributed by atoms with E-state index in [2.05, 4.69) is 0 Å². The van der Waals surface area contributed by atoms with Gasteiger partial charge in [0.2, 0.25) is 0 Å². The van der Waals surface area contributed by atoms with E-state index in [-0.39, 0.29) is 54.3 Å². The molecule has 0 saturated carbocycles. The van der Waals surface area contributed by atoms with Crippen molar-refractivity contribution in [3.8, 4) is 0 Å². The SMILES string of the molecule is CC(C)(C)C(=O)/C=C(/O)C(C)(C)C.CC(C)(C)C(=O)/C=C(\O)C(C)(C)C.[Pd]. The molecule has 0 radical (unpaired) electrons. The molecule has 0 spiro atoms. The van der Waals surface area contributed by atoms with Crippen LogP contribution < -0.4 is 0 Å². The van der Waals surface area contributed by atoms with Crippen LogP contribution in [0.25, 0.3) is 0 Å². The molecule has 0 aromatic carbocycles. The summed E-state index contributed by atoms with van der Waals surface area (Å²) in [5.41, 5.74) is -1.53. The summed E-state index contributed by atoms with van der Waals surface area (Å²) in [5.74, 6) is 0.208. The van der Waals surface area contributed by atoms with Gasteiger partial charge in [0.25, 0.3) is 0 Å². The van der Waals surface area contributed by atoms with Crippen molar-refractivity contribution in [3.63, 3.8) is 0 Å². The molecule has 0 aromatic heterocycles. The molecule has 0 rings (SSSR count). The summed E-state index contributed by atoms with van der Waals surface area (Å²) in [5, 5.41) is 19.1. The number of hydrogen-bond acceptors (Lipinski definition) is 4. The van der Waals surface area contributed by atoms with Crippen LogP contribution in [-0.4, -0.2) is 21.8 Å². The number of aliphatic hydroxyl groups is 2. The molecule has 5 heteroatoms. The topological polar surface area (TPSA) is 74.6 Å². The smallest absolute Gasteiger partial charge is 0.164 e. The van der Waals surface area contributed by atoms with Crippen LogP contribution in [0.15, 0.2) is 23.7 Å². The van der Waals surface area contributed by atoms with E-state index in [9.17, 15) is 19.8 Å². The van der Waals surface area contributed by atoms with Gasteiger partial charge in [-0.3, -0.25) is 9.59 Å². The second-order valence-corrected chi connectivity index (χ2v) is 10.8. The van der Waals surface area contributed by atoms with Crippen molar-refractivity contribution >= 4 is 11.6 Å². The van der Waals surface area contributed by atoms with Crippen molar-refractivity contribution in [1.29, 1.82) is 0 Å². The Balaban J connectivity index is -0.000000411. The summed E-state index contributed by atoms with van der Waals surface area (Å²) in [6.07, 6.45) is 2.67. The van der Waals surface area contributed by atoms with Crippen LogP contribution in [0.1, 0.15) is 83.1 Å². The van der Waals surface area contributed by atoms with Gasteiger partial charge in [-0.25, -0.2) is 0 Å². The maximum Gasteiger partial charge on any atom is 0.164 e. The first-order valence-corrected chi connectivity index (χ1v) is 9.01. The predicted octanol–water partition coefficient (Wildman–Crippen LogP) is 6.18. The predicted molar refractivity (Wildman–Crippen MR) is 109 cm³/mol. The van der Waals surface area contributed by atoms with Gasteiger partial charge in [0.05, 0.1) is 0 Å². The van der Waals surface area contributed by atoms with Gasteiger partial charge in [-0.2, -0.15) is 0 Å². The monoisotopic (exact) mass is 474 g/mol.